The van der Waals surface area contributed by atoms with Crippen molar-refractivity contribution in [3.8, 4) is 0 Å². The molecule has 1 aliphatic rings. The molecule has 0 aliphatic carbocycles. The molecule has 26 heavy (non-hydrogen) atoms. The summed E-state index contributed by atoms with van der Waals surface area (Å²) in [4.78, 5) is 28.1. The predicted octanol–water partition coefficient (Wildman–Crippen LogP) is 2.22. The molecule has 3 rings (SSSR count). The van der Waals surface area contributed by atoms with Gasteiger partial charge in [-0.25, -0.2) is 0 Å². The normalized spacial score (nSPS) is 15.1. The third-order valence-electron chi connectivity index (χ3n) is 4.84. The number of carbonyl (C=O) groups excluding carboxylic acids is 2. The number of primary amides is 1. The van der Waals surface area contributed by atoms with Gasteiger partial charge in [0.2, 0.25) is 5.91 Å². The number of rotatable bonds is 5. The second kappa shape index (κ2) is 7.88. The molecule has 1 aromatic carbocycles. The Balaban J connectivity index is 1.54. The molecular weight excluding hydrogens is 348 g/mol. The molecule has 0 spiro atoms. The van der Waals surface area contributed by atoms with Crippen LogP contribution in [0.3, 0.4) is 0 Å². The van der Waals surface area contributed by atoms with E-state index >= 15 is 0 Å². The summed E-state index contributed by atoms with van der Waals surface area (Å²) in [7, 11) is 0. The van der Waals surface area contributed by atoms with Gasteiger partial charge in [-0.3, -0.25) is 14.5 Å². The fourth-order valence-corrected chi connectivity index (χ4v) is 4.00. The lowest BCUT2D eigenvalue weighted by Crippen LogP contribution is -2.48. The number of aryl methyl sites for hydroxylation is 1. The first-order valence-corrected chi connectivity index (χ1v) is 9.54. The molecule has 138 valence electrons. The van der Waals surface area contributed by atoms with Crippen LogP contribution < -0.4 is 16.0 Å². The van der Waals surface area contributed by atoms with Crippen LogP contribution in [0.1, 0.15) is 21.5 Å². The Morgan fingerprint density at radius 1 is 1.15 bits per heavy atom. The van der Waals surface area contributed by atoms with Crippen molar-refractivity contribution in [3.05, 3.63) is 46.3 Å². The van der Waals surface area contributed by atoms with E-state index in [4.69, 9.17) is 5.73 Å². The Labute approximate surface area is 157 Å². The molecule has 1 fully saturated rings. The van der Waals surface area contributed by atoms with Gasteiger partial charge < -0.3 is 16.0 Å². The van der Waals surface area contributed by atoms with E-state index in [1.165, 1.54) is 28.2 Å². The number of piperazine rings is 1. The highest BCUT2D eigenvalue weighted by molar-refractivity contribution is 7.14. The first-order chi connectivity index (χ1) is 12.5. The number of carbonyl (C=O) groups is 2. The molecule has 1 saturated heterocycles. The Kier molecular flexibility index (Phi) is 5.58. The third kappa shape index (κ3) is 4.05. The lowest BCUT2D eigenvalue weighted by molar-refractivity contribution is -0.117. The number of benzene rings is 1. The van der Waals surface area contributed by atoms with Crippen LogP contribution in [0.25, 0.3) is 0 Å². The summed E-state index contributed by atoms with van der Waals surface area (Å²) in [5.41, 5.74) is 9.57. The zero-order valence-electron chi connectivity index (χ0n) is 15.1. The highest BCUT2D eigenvalue weighted by Gasteiger charge is 2.21. The van der Waals surface area contributed by atoms with E-state index in [9.17, 15) is 9.59 Å². The van der Waals surface area contributed by atoms with Gasteiger partial charge in [0.15, 0.2) is 0 Å². The van der Waals surface area contributed by atoms with Crippen LogP contribution in [0, 0.1) is 13.8 Å². The Hall–Kier alpha value is -2.38. The summed E-state index contributed by atoms with van der Waals surface area (Å²) in [6.07, 6.45) is 0. The Bertz CT molecular complexity index is 810. The number of hydrogen-bond acceptors (Lipinski definition) is 5. The van der Waals surface area contributed by atoms with Gasteiger partial charge in [0, 0.05) is 31.9 Å². The van der Waals surface area contributed by atoms with Crippen molar-refractivity contribution in [2.45, 2.75) is 13.8 Å². The van der Waals surface area contributed by atoms with Crippen LogP contribution in [-0.2, 0) is 4.79 Å². The van der Waals surface area contributed by atoms with Crippen LogP contribution in [-0.4, -0.2) is 49.4 Å². The van der Waals surface area contributed by atoms with Crippen molar-refractivity contribution < 1.29 is 9.59 Å². The van der Waals surface area contributed by atoms with Gasteiger partial charge in [-0.2, -0.15) is 0 Å². The fourth-order valence-electron chi connectivity index (χ4n) is 3.19. The van der Waals surface area contributed by atoms with Gasteiger partial charge in [-0.15, -0.1) is 11.3 Å². The quantitative estimate of drug-likeness (QED) is 0.844. The zero-order valence-corrected chi connectivity index (χ0v) is 15.9. The molecule has 2 aromatic rings. The van der Waals surface area contributed by atoms with E-state index in [-0.39, 0.29) is 5.91 Å². The maximum atomic E-state index is 12.3. The van der Waals surface area contributed by atoms with Gasteiger partial charge in [0.05, 0.1) is 12.1 Å². The summed E-state index contributed by atoms with van der Waals surface area (Å²) in [6.45, 7) is 8.04. The molecular formula is C19H24N4O2S. The second-order valence-corrected chi connectivity index (χ2v) is 7.47. The summed E-state index contributed by atoms with van der Waals surface area (Å²) in [5.74, 6) is -0.640. The standard InChI is InChI=1S/C19H24N4O2S/c1-13-4-3-5-16(14(13)2)23-9-7-22(8-10-23)12-17(24)21-19-15(18(20)25)6-11-26-19/h3-6,11H,7-10,12H2,1-2H3,(H2,20,25)(H,21,24). The molecule has 1 aromatic heterocycles. The molecule has 0 radical (unpaired) electrons. The van der Waals surface area contributed by atoms with Crippen molar-refractivity contribution in [2.24, 2.45) is 5.73 Å². The predicted molar refractivity (Wildman–Crippen MR) is 106 cm³/mol. The lowest BCUT2D eigenvalue weighted by atomic mass is 10.1. The number of hydrogen-bond donors (Lipinski definition) is 2. The maximum Gasteiger partial charge on any atom is 0.251 e. The van der Waals surface area contributed by atoms with Gasteiger partial charge in [-0.1, -0.05) is 12.1 Å². The SMILES string of the molecule is Cc1cccc(N2CCN(CC(=O)Nc3sccc3C(N)=O)CC2)c1C. The Morgan fingerprint density at radius 3 is 2.58 bits per heavy atom. The largest absolute Gasteiger partial charge is 0.369 e. The van der Waals surface area contributed by atoms with E-state index in [1.807, 2.05) is 0 Å². The van der Waals surface area contributed by atoms with Crippen molar-refractivity contribution in [1.82, 2.24) is 4.90 Å². The number of nitrogens with zero attached hydrogens (tertiary/aromatic N) is 2. The maximum absolute atomic E-state index is 12.3. The highest BCUT2D eigenvalue weighted by Crippen LogP contribution is 2.24. The van der Waals surface area contributed by atoms with Crippen LogP contribution in [0.5, 0.6) is 0 Å². The summed E-state index contributed by atoms with van der Waals surface area (Å²) >= 11 is 1.31. The lowest BCUT2D eigenvalue weighted by Gasteiger charge is -2.36. The molecule has 0 atom stereocenters. The minimum Gasteiger partial charge on any atom is -0.369 e. The summed E-state index contributed by atoms with van der Waals surface area (Å²) in [5, 5.41) is 5.08. The molecule has 0 bridgehead atoms. The first-order valence-electron chi connectivity index (χ1n) is 8.66. The first kappa shape index (κ1) is 18.4. The van der Waals surface area contributed by atoms with Gasteiger partial charge in [-0.05, 0) is 42.5 Å². The third-order valence-corrected chi connectivity index (χ3v) is 5.67. The molecule has 2 heterocycles. The van der Waals surface area contributed by atoms with Crippen molar-refractivity contribution in [3.63, 3.8) is 0 Å². The summed E-state index contributed by atoms with van der Waals surface area (Å²) in [6, 6.07) is 8.01. The van der Waals surface area contributed by atoms with Crippen molar-refractivity contribution >= 4 is 33.8 Å². The number of nitrogens with one attached hydrogen (secondary N) is 1. The van der Waals surface area contributed by atoms with E-state index in [2.05, 4.69) is 47.2 Å². The molecule has 7 heteroatoms. The van der Waals surface area contributed by atoms with E-state index < -0.39 is 5.91 Å². The number of nitrogens with two attached hydrogens (primary N) is 1. The van der Waals surface area contributed by atoms with Gasteiger partial charge in [0.1, 0.15) is 5.00 Å². The van der Waals surface area contributed by atoms with E-state index in [0.717, 1.165) is 26.2 Å². The number of anilines is 2. The molecule has 6 nitrogen and oxygen atoms in total. The van der Waals surface area contributed by atoms with E-state index in [0.29, 0.717) is 17.1 Å². The van der Waals surface area contributed by atoms with Crippen LogP contribution in [0.4, 0.5) is 10.7 Å². The van der Waals surface area contributed by atoms with Gasteiger partial charge in [0.25, 0.3) is 5.91 Å². The monoisotopic (exact) mass is 372 g/mol. The van der Waals surface area contributed by atoms with E-state index in [1.54, 1.807) is 11.4 Å². The summed E-state index contributed by atoms with van der Waals surface area (Å²) < 4.78 is 0. The average molecular weight is 372 g/mol. The fraction of sp³-hybridized carbons (Fsp3) is 0.368. The number of thiophene rings is 1. The molecule has 0 saturated carbocycles. The van der Waals surface area contributed by atoms with Gasteiger partial charge >= 0.3 is 0 Å². The van der Waals surface area contributed by atoms with Crippen LogP contribution in [0.2, 0.25) is 0 Å². The Morgan fingerprint density at radius 2 is 1.88 bits per heavy atom. The molecule has 1 aliphatic heterocycles. The number of amides is 2. The minimum atomic E-state index is -0.524. The highest BCUT2D eigenvalue weighted by atomic mass is 32.1. The minimum absolute atomic E-state index is 0.116. The molecule has 3 N–H and O–H groups in total. The van der Waals surface area contributed by atoms with Crippen molar-refractivity contribution in [1.29, 1.82) is 0 Å². The average Bonchev–Trinajstić information content (AvgIpc) is 3.06. The smallest absolute Gasteiger partial charge is 0.251 e. The van der Waals surface area contributed by atoms with Crippen LogP contribution in [0.15, 0.2) is 29.6 Å². The second-order valence-electron chi connectivity index (χ2n) is 6.56. The van der Waals surface area contributed by atoms with Crippen molar-refractivity contribution in [2.75, 3.05) is 42.9 Å². The topological polar surface area (TPSA) is 78.7 Å². The molecule has 0 unspecified atom stereocenters. The van der Waals surface area contributed by atoms with Crippen LogP contribution >= 0.6 is 11.3 Å². The zero-order chi connectivity index (χ0) is 18.7. The molecule has 2 amide bonds.